The van der Waals surface area contributed by atoms with Gasteiger partial charge in [0.15, 0.2) is 0 Å². The average Bonchev–Trinajstić information content (AvgIpc) is 2.36. The third-order valence-corrected chi connectivity index (χ3v) is 4.36. The van der Waals surface area contributed by atoms with Gasteiger partial charge in [-0.2, -0.15) is 17.6 Å². The SMILES string of the molecule is CCC(C)(C)c1ccc(OC(F)(F)C(F)(F)C(C)(C)C)cc1C. The minimum Gasteiger partial charge on any atom is -0.428 e. The Balaban J connectivity index is 3.14. The molecule has 0 bridgehead atoms. The lowest BCUT2D eigenvalue weighted by atomic mass is 9.80. The van der Waals surface area contributed by atoms with Crippen LogP contribution in [0.3, 0.4) is 0 Å². The van der Waals surface area contributed by atoms with E-state index in [2.05, 4.69) is 4.74 Å². The Morgan fingerprint density at radius 3 is 1.87 bits per heavy atom. The normalized spacial score (nSPS) is 14.0. The Morgan fingerprint density at radius 2 is 1.48 bits per heavy atom. The average molecular weight is 334 g/mol. The molecule has 0 unspecified atom stereocenters. The van der Waals surface area contributed by atoms with Gasteiger partial charge < -0.3 is 4.74 Å². The number of aryl methyl sites for hydroxylation is 1. The third-order valence-electron chi connectivity index (χ3n) is 4.36. The van der Waals surface area contributed by atoms with Gasteiger partial charge in [0, 0.05) is 5.41 Å². The Morgan fingerprint density at radius 1 is 0.957 bits per heavy atom. The molecule has 23 heavy (non-hydrogen) atoms. The summed E-state index contributed by atoms with van der Waals surface area (Å²) in [5, 5.41) is 0. The number of halogens is 4. The molecule has 1 rings (SSSR count). The van der Waals surface area contributed by atoms with Gasteiger partial charge in [0.25, 0.3) is 0 Å². The molecule has 0 spiro atoms. The van der Waals surface area contributed by atoms with Crippen LogP contribution in [-0.4, -0.2) is 12.0 Å². The lowest BCUT2D eigenvalue weighted by Crippen LogP contribution is -2.53. The molecule has 1 aromatic rings. The van der Waals surface area contributed by atoms with Crippen LogP contribution >= 0.6 is 0 Å². The van der Waals surface area contributed by atoms with E-state index in [4.69, 9.17) is 0 Å². The molecular formula is C18H26F4O. The predicted octanol–water partition coefficient (Wildman–Crippen LogP) is 6.34. The van der Waals surface area contributed by atoms with Crippen molar-refractivity contribution in [2.45, 2.75) is 72.3 Å². The maximum Gasteiger partial charge on any atom is 0.464 e. The van der Waals surface area contributed by atoms with Gasteiger partial charge in [0.1, 0.15) is 5.75 Å². The summed E-state index contributed by atoms with van der Waals surface area (Å²) in [4.78, 5) is 0. The van der Waals surface area contributed by atoms with Crippen LogP contribution in [0.5, 0.6) is 5.75 Å². The van der Waals surface area contributed by atoms with E-state index in [1.807, 2.05) is 20.8 Å². The van der Waals surface area contributed by atoms with Crippen molar-refractivity contribution < 1.29 is 22.3 Å². The Kier molecular flexibility index (Phi) is 5.15. The third kappa shape index (κ3) is 3.81. The van der Waals surface area contributed by atoms with Crippen LogP contribution in [-0.2, 0) is 5.41 Å². The second-order valence-corrected chi connectivity index (χ2v) is 7.66. The highest BCUT2D eigenvalue weighted by molar-refractivity contribution is 5.39. The largest absolute Gasteiger partial charge is 0.464 e. The molecule has 0 aromatic heterocycles. The van der Waals surface area contributed by atoms with Crippen LogP contribution in [0.4, 0.5) is 17.6 Å². The maximum atomic E-state index is 13.9. The van der Waals surface area contributed by atoms with Gasteiger partial charge in [-0.05, 0) is 42.0 Å². The Hall–Kier alpha value is -1.26. The molecule has 132 valence electrons. The van der Waals surface area contributed by atoms with E-state index < -0.39 is 17.4 Å². The lowest BCUT2D eigenvalue weighted by Gasteiger charge is -2.35. The Bertz CT molecular complexity index is 557. The van der Waals surface area contributed by atoms with Crippen molar-refractivity contribution in [3.8, 4) is 5.75 Å². The molecule has 1 nitrogen and oxygen atoms in total. The Labute approximate surface area is 136 Å². The smallest absolute Gasteiger partial charge is 0.428 e. The minimum absolute atomic E-state index is 0.125. The minimum atomic E-state index is -4.58. The van der Waals surface area contributed by atoms with Crippen LogP contribution in [0, 0.1) is 12.3 Å². The monoisotopic (exact) mass is 334 g/mol. The number of hydrogen-bond acceptors (Lipinski definition) is 1. The van der Waals surface area contributed by atoms with Crippen molar-refractivity contribution in [1.29, 1.82) is 0 Å². The molecule has 0 fully saturated rings. The fourth-order valence-corrected chi connectivity index (χ4v) is 2.30. The summed E-state index contributed by atoms with van der Waals surface area (Å²) in [5.41, 5.74) is -0.321. The van der Waals surface area contributed by atoms with E-state index in [1.54, 1.807) is 13.0 Å². The fourth-order valence-electron chi connectivity index (χ4n) is 2.30. The quantitative estimate of drug-likeness (QED) is 0.571. The summed E-state index contributed by atoms with van der Waals surface area (Å²) in [5.74, 6) is -4.55. The zero-order valence-electron chi connectivity index (χ0n) is 14.9. The van der Waals surface area contributed by atoms with Crippen molar-refractivity contribution >= 4 is 0 Å². The second-order valence-electron chi connectivity index (χ2n) is 7.66. The van der Waals surface area contributed by atoms with Crippen LogP contribution in [0.15, 0.2) is 18.2 Å². The van der Waals surface area contributed by atoms with Gasteiger partial charge in [0.2, 0.25) is 0 Å². The standard InChI is InChI=1S/C18H26F4O/c1-8-16(6,7)14-10-9-13(11-12(14)2)23-18(21,22)17(19,20)15(3,4)5/h9-11H,8H2,1-7H3. The first-order valence-corrected chi connectivity index (χ1v) is 7.71. The van der Waals surface area contributed by atoms with E-state index in [0.717, 1.165) is 38.3 Å². The highest BCUT2D eigenvalue weighted by Gasteiger charge is 2.65. The molecule has 0 N–H and O–H groups in total. The van der Waals surface area contributed by atoms with Gasteiger partial charge >= 0.3 is 12.0 Å². The molecular weight excluding hydrogens is 308 g/mol. The van der Waals surface area contributed by atoms with Crippen molar-refractivity contribution in [3.63, 3.8) is 0 Å². The van der Waals surface area contributed by atoms with Gasteiger partial charge in [0.05, 0.1) is 0 Å². The topological polar surface area (TPSA) is 9.23 Å². The summed E-state index contributed by atoms with van der Waals surface area (Å²) in [7, 11) is 0. The molecule has 0 aliphatic rings. The van der Waals surface area contributed by atoms with Gasteiger partial charge in [-0.3, -0.25) is 0 Å². The fraction of sp³-hybridized carbons (Fsp3) is 0.667. The highest BCUT2D eigenvalue weighted by Crippen LogP contribution is 2.47. The van der Waals surface area contributed by atoms with Crippen LogP contribution in [0.25, 0.3) is 0 Å². The molecule has 0 saturated carbocycles. The molecule has 1 aromatic carbocycles. The van der Waals surface area contributed by atoms with Gasteiger partial charge in [-0.1, -0.05) is 47.6 Å². The van der Waals surface area contributed by atoms with Gasteiger partial charge in [-0.25, -0.2) is 0 Å². The van der Waals surface area contributed by atoms with E-state index in [0.29, 0.717) is 0 Å². The molecule has 5 heteroatoms. The van der Waals surface area contributed by atoms with Crippen LogP contribution in [0.2, 0.25) is 0 Å². The molecule has 0 aliphatic carbocycles. The zero-order valence-corrected chi connectivity index (χ0v) is 14.9. The van der Waals surface area contributed by atoms with Crippen molar-refractivity contribution in [1.82, 2.24) is 0 Å². The first-order valence-electron chi connectivity index (χ1n) is 7.71. The number of rotatable bonds is 5. The van der Waals surface area contributed by atoms with Crippen molar-refractivity contribution in [2.24, 2.45) is 5.41 Å². The summed E-state index contributed by atoms with van der Waals surface area (Å²) < 4.78 is 60.2. The van der Waals surface area contributed by atoms with Crippen LogP contribution in [0.1, 0.15) is 59.1 Å². The zero-order chi connectivity index (χ0) is 18.3. The first kappa shape index (κ1) is 19.8. The summed E-state index contributed by atoms with van der Waals surface area (Å²) >= 11 is 0. The highest BCUT2D eigenvalue weighted by atomic mass is 19.3. The number of benzene rings is 1. The molecule has 0 aliphatic heterocycles. The molecule has 0 radical (unpaired) electrons. The number of alkyl halides is 4. The first-order chi connectivity index (χ1) is 10.2. The maximum absolute atomic E-state index is 13.9. The van der Waals surface area contributed by atoms with E-state index in [-0.39, 0.29) is 11.2 Å². The van der Waals surface area contributed by atoms with E-state index in [1.165, 1.54) is 12.1 Å². The molecule has 0 heterocycles. The summed E-state index contributed by atoms with van der Waals surface area (Å²) in [6, 6.07) is 4.38. The molecule has 0 amide bonds. The van der Waals surface area contributed by atoms with Gasteiger partial charge in [-0.15, -0.1) is 0 Å². The lowest BCUT2D eigenvalue weighted by molar-refractivity contribution is -0.340. The second kappa shape index (κ2) is 5.99. The predicted molar refractivity (Wildman–Crippen MR) is 84.5 cm³/mol. The summed E-state index contributed by atoms with van der Waals surface area (Å²) in [6.07, 6.45) is -3.72. The molecule has 0 saturated heterocycles. The number of hydrogen-bond donors (Lipinski definition) is 0. The van der Waals surface area contributed by atoms with E-state index >= 15 is 0 Å². The van der Waals surface area contributed by atoms with Crippen molar-refractivity contribution in [2.75, 3.05) is 0 Å². The van der Waals surface area contributed by atoms with Crippen LogP contribution < -0.4 is 4.74 Å². The van der Waals surface area contributed by atoms with E-state index in [9.17, 15) is 17.6 Å². The number of ether oxygens (including phenoxy) is 1. The molecule has 0 atom stereocenters. The summed E-state index contributed by atoms with van der Waals surface area (Å²) in [6.45, 7) is 11.0. The van der Waals surface area contributed by atoms with Crippen molar-refractivity contribution in [3.05, 3.63) is 29.3 Å².